The largest absolute Gasteiger partial charge is 0.396 e. The van der Waals surface area contributed by atoms with Crippen molar-refractivity contribution in [3.8, 4) is 0 Å². The van der Waals surface area contributed by atoms with Gasteiger partial charge in [-0.15, -0.1) is 0 Å². The van der Waals surface area contributed by atoms with Crippen LogP contribution in [-0.4, -0.2) is 59.8 Å². The molecule has 178 valence electrons. The third-order valence-electron chi connectivity index (χ3n) is 10.4. The predicted octanol–water partition coefficient (Wildman–Crippen LogP) is 4.47. The molecule has 5 nitrogen and oxygen atoms in total. The molecule has 0 spiro atoms. The van der Waals surface area contributed by atoms with Crippen LogP contribution in [0.4, 0.5) is 0 Å². The maximum atomic E-state index is 12.3. The maximum absolute atomic E-state index is 12.3. The van der Waals surface area contributed by atoms with E-state index in [0.717, 1.165) is 63.6 Å². The Bertz CT molecular complexity index is 682. The zero-order chi connectivity index (χ0) is 22.4. The molecule has 5 heteroatoms. The van der Waals surface area contributed by atoms with Crippen LogP contribution in [0.15, 0.2) is 5.16 Å². The van der Waals surface area contributed by atoms with Crippen LogP contribution in [0.25, 0.3) is 0 Å². The van der Waals surface area contributed by atoms with Crippen molar-refractivity contribution in [2.75, 3.05) is 27.2 Å². The van der Waals surface area contributed by atoms with Crippen LogP contribution in [0.1, 0.15) is 85.0 Å². The van der Waals surface area contributed by atoms with Crippen LogP contribution in [0.2, 0.25) is 0 Å². The fourth-order valence-electron chi connectivity index (χ4n) is 8.53. The van der Waals surface area contributed by atoms with Crippen molar-refractivity contribution in [3.05, 3.63) is 0 Å². The Kier molecular flexibility index (Phi) is 6.53. The van der Waals surface area contributed by atoms with Crippen molar-refractivity contribution >= 4 is 5.71 Å². The molecule has 0 radical (unpaired) electrons. The minimum Gasteiger partial charge on any atom is -0.396 e. The molecule has 4 aliphatic rings. The Morgan fingerprint density at radius 1 is 1.03 bits per heavy atom. The summed E-state index contributed by atoms with van der Waals surface area (Å²) in [6.45, 7) is 8.59. The summed E-state index contributed by atoms with van der Waals surface area (Å²) in [6.07, 6.45) is 10.4. The normalized spacial score (nSPS) is 47.6. The van der Waals surface area contributed by atoms with E-state index >= 15 is 0 Å². The first-order valence-corrected chi connectivity index (χ1v) is 12.8. The molecule has 0 heterocycles. The summed E-state index contributed by atoms with van der Waals surface area (Å²) >= 11 is 0. The van der Waals surface area contributed by atoms with Gasteiger partial charge in [-0.05, 0) is 108 Å². The first kappa shape index (κ1) is 23.5. The molecule has 2 N–H and O–H groups in total. The number of rotatable bonds is 6. The lowest BCUT2D eigenvalue weighted by molar-refractivity contribution is -0.206. The minimum atomic E-state index is -0.591. The van der Waals surface area contributed by atoms with Gasteiger partial charge in [0.25, 0.3) is 0 Å². The van der Waals surface area contributed by atoms with Crippen LogP contribution >= 0.6 is 0 Å². The average Bonchev–Trinajstić information content (AvgIpc) is 2.99. The summed E-state index contributed by atoms with van der Waals surface area (Å²) < 4.78 is 0. The number of aliphatic hydroxyl groups excluding tert-OH is 1. The van der Waals surface area contributed by atoms with E-state index in [1.165, 1.54) is 12.8 Å². The summed E-state index contributed by atoms with van der Waals surface area (Å²) in [5.74, 6) is 1.92. The molecule has 8 atom stereocenters. The first-order valence-electron chi connectivity index (χ1n) is 12.8. The van der Waals surface area contributed by atoms with Crippen molar-refractivity contribution in [3.63, 3.8) is 0 Å². The van der Waals surface area contributed by atoms with Gasteiger partial charge in [0.1, 0.15) is 6.61 Å². The molecule has 0 bridgehead atoms. The van der Waals surface area contributed by atoms with E-state index < -0.39 is 5.60 Å². The highest BCUT2D eigenvalue weighted by Crippen LogP contribution is 2.69. The zero-order valence-corrected chi connectivity index (χ0v) is 20.6. The topological polar surface area (TPSA) is 65.3 Å². The number of oxime groups is 1. The van der Waals surface area contributed by atoms with E-state index in [1.807, 2.05) is 0 Å². The second-order valence-corrected chi connectivity index (χ2v) is 12.1. The Labute approximate surface area is 189 Å². The number of hydrogen-bond donors (Lipinski definition) is 2. The summed E-state index contributed by atoms with van der Waals surface area (Å²) in [4.78, 5) is 7.84. The highest BCUT2D eigenvalue weighted by molar-refractivity contribution is 5.85. The summed E-state index contributed by atoms with van der Waals surface area (Å²) in [5.41, 5.74) is 0.663. The van der Waals surface area contributed by atoms with Crippen molar-refractivity contribution in [2.24, 2.45) is 39.7 Å². The smallest absolute Gasteiger partial charge is 0.118 e. The van der Waals surface area contributed by atoms with E-state index in [0.29, 0.717) is 30.3 Å². The monoisotopic (exact) mass is 434 g/mol. The second kappa shape index (κ2) is 8.61. The third-order valence-corrected chi connectivity index (χ3v) is 10.4. The second-order valence-electron chi connectivity index (χ2n) is 12.1. The van der Waals surface area contributed by atoms with Gasteiger partial charge in [0.05, 0.1) is 17.4 Å². The van der Waals surface area contributed by atoms with Gasteiger partial charge in [-0.3, -0.25) is 0 Å². The molecule has 0 amide bonds. The number of hydrogen-bond acceptors (Lipinski definition) is 5. The Morgan fingerprint density at radius 2 is 1.81 bits per heavy atom. The van der Waals surface area contributed by atoms with Gasteiger partial charge >= 0.3 is 0 Å². The molecule has 4 fully saturated rings. The van der Waals surface area contributed by atoms with Gasteiger partial charge in [0.15, 0.2) is 0 Å². The maximum Gasteiger partial charge on any atom is 0.118 e. The molecule has 0 saturated heterocycles. The standard InChI is InChI=1S/C26H46N2O3/c1-18(27-31-16-6-15-28(4)5)21-11-14-26(30)23-8-7-19-17-20(29)9-12-24(19,2)22(23)10-13-25(21,26)3/h19-23,29-30H,6-17H2,1-5H3/b27-18-/t19?,20?,21-,22+,23-,24+,25-,26-/m1/s1. The Morgan fingerprint density at radius 3 is 2.55 bits per heavy atom. The fraction of sp³-hybridized carbons (Fsp3) is 0.962. The molecule has 4 saturated carbocycles. The lowest BCUT2D eigenvalue weighted by Crippen LogP contribution is -2.62. The van der Waals surface area contributed by atoms with E-state index in [9.17, 15) is 10.2 Å². The van der Waals surface area contributed by atoms with E-state index in [-0.39, 0.29) is 16.9 Å². The van der Waals surface area contributed by atoms with Crippen LogP contribution in [0.3, 0.4) is 0 Å². The van der Waals surface area contributed by atoms with E-state index in [2.05, 4.69) is 44.9 Å². The highest BCUT2D eigenvalue weighted by atomic mass is 16.6. The van der Waals surface area contributed by atoms with Crippen LogP contribution in [-0.2, 0) is 4.84 Å². The molecule has 0 aromatic carbocycles. The number of aliphatic hydroxyl groups is 2. The van der Waals surface area contributed by atoms with E-state index in [4.69, 9.17) is 4.84 Å². The van der Waals surface area contributed by atoms with Crippen molar-refractivity contribution < 1.29 is 15.1 Å². The Balaban J connectivity index is 1.48. The zero-order valence-electron chi connectivity index (χ0n) is 20.6. The summed E-state index contributed by atoms with van der Waals surface area (Å²) in [7, 11) is 4.16. The van der Waals surface area contributed by atoms with Crippen LogP contribution in [0, 0.1) is 34.5 Å². The SMILES string of the molecule is C/C(=N/OCCCN(C)C)[C@H]1CC[C@@]2(O)[C@@H]3CCC4CC(O)CC[C@]4(C)[C@H]3CC[C@]12C. The van der Waals surface area contributed by atoms with Gasteiger partial charge in [-0.2, -0.15) is 0 Å². The lowest BCUT2D eigenvalue weighted by atomic mass is 9.43. The summed E-state index contributed by atoms with van der Waals surface area (Å²) in [5, 5.41) is 27.0. The van der Waals surface area contributed by atoms with Gasteiger partial charge in [-0.25, -0.2) is 0 Å². The molecule has 0 aliphatic heterocycles. The molecule has 0 aromatic rings. The predicted molar refractivity (Wildman–Crippen MR) is 125 cm³/mol. The van der Waals surface area contributed by atoms with Crippen LogP contribution < -0.4 is 0 Å². The molecule has 2 unspecified atom stereocenters. The third kappa shape index (κ3) is 3.87. The molecular formula is C26H46N2O3. The summed E-state index contributed by atoms with van der Waals surface area (Å²) in [6, 6.07) is 0. The lowest BCUT2D eigenvalue weighted by Gasteiger charge is -2.63. The molecule has 0 aromatic heterocycles. The molecule has 31 heavy (non-hydrogen) atoms. The highest BCUT2D eigenvalue weighted by Gasteiger charge is 2.67. The molecular weight excluding hydrogens is 388 g/mol. The van der Waals surface area contributed by atoms with Gasteiger partial charge in [0.2, 0.25) is 0 Å². The van der Waals surface area contributed by atoms with Gasteiger partial charge in [0, 0.05) is 17.9 Å². The van der Waals surface area contributed by atoms with Crippen molar-refractivity contribution in [2.45, 2.75) is 96.7 Å². The quantitative estimate of drug-likeness (QED) is 0.368. The van der Waals surface area contributed by atoms with Gasteiger partial charge < -0.3 is 20.0 Å². The minimum absolute atomic E-state index is 0.105. The first-order chi connectivity index (χ1) is 14.6. The fourth-order valence-corrected chi connectivity index (χ4v) is 8.53. The van der Waals surface area contributed by atoms with Crippen molar-refractivity contribution in [1.29, 1.82) is 0 Å². The molecule has 4 rings (SSSR count). The average molecular weight is 435 g/mol. The van der Waals surface area contributed by atoms with Crippen LogP contribution in [0.5, 0.6) is 0 Å². The number of fused-ring (bicyclic) bond motifs is 5. The number of nitrogens with zero attached hydrogens (tertiary/aromatic N) is 2. The molecule has 4 aliphatic carbocycles. The Hall–Kier alpha value is -0.650. The van der Waals surface area contributed by atoms with E-state index in [1.54, 1.807) is 0 Å². The van der Waals surface area contributed by atoms with Crippen molar-refractivity contribution in [1.82, 2.24) is 4.90 Å². The van der Waals surface area contributed by atoms with Gasteiger partial charge in [-0.1, -0.05) is 19.0 Å².